The zero-order valence-corrected chi connectivity index (χ0v) is 40.5. The number of ether oxygens (including phenoxy) is 2. The molecule has 0 aromatic heterocycles. The van der Waals surface area contributed by atoms with Crippen molar-refractivity contribution in [1.82, 2.24) is 0 Å². The number of carbonyl (C=O) groups is 2. The third-order valence-corrected chi connectivity index (χ3v) is 10.8. The molecule has 0 aromatic rings. The van der Waals surface area contributed by atoms with E-state index in [9.17, 15) is 33.8 Å². The molecule has 0 aromatic carbocycles. The lowest BCUT2D eigenvalue weighted by molar-refractivity contribution is -0.161. The molecule has 0 amide bonds. The number of allylic oxidation sites excluding steroid dienone is 12. The van der Waals surface area contributed by atoms with E-state index in [0.717, 1.165) is 57.8 Å². The topological polar surface area (TPSA) is 216 Å². The third-order valence-electron chi connectivity index (χ3n) is 9.35. The van der Waals surface area contributed by atoms with Crippen LogP contribution in [0.5, 0.6) is 0 Å². The van der Waals surface area contributed by atoms with E-state index in [2.05, 4.69) is 71.5 Å². The van der Waals surface area contributed by atoms with Gasteiger partial charge in [0.1, 0.15) is 12.7 Å². The molecule has 64 heavy (non-hydrogen) atoms. The molecule has 0 fully saturated rings. The predicted molar refractivity (Wildman–Crippen MR) is 254 cm³/mol. The van der Waals surface area contributed by atoms with E-state index in [4.69, 9.17) is 23.8 Å². The van der Waals surface area contributed by atoms with Crippen LogP contribution in [0, 0.1) is 0 Å². The van der Waals surface area contributed by atoms with Gasteiger partial charge < -0.3 is 34.4 Å². The summed E-state index contributed by atoms with van der Waals surface area (Å²) in [5.41, 5.74) is 0. The quantitative estimate of drug-likeness (QED) is 0.0126. The van der Waals surface area contributed by atoms with Gasteiger partial charge >= 0.3 is 27.6 Å². The van der Waals surface area contributed by atoms with Crippen LogP contribution in [0.25, 0.3) is 0 Å². The maximum atomic E-state index is 12.7. The van der Waals surface area contributed by atoms with Crippen LogP contribution in [-0.2, 0) is 41.8 Å². The summed E-state index contributed by atoms with van der Waals surface area (Å²) in [4.78, 5) is 52.8. The molecule has 0 saturated carbocycles. The molecule has 0 aliphatic heterocycles. The summed E-state index contributed by atoms with van der Waals surface area (Å²) in [5, 5.41) is 20.0. The first-order valence-corrected chi connectivity index (χ1v) is 26.4. The molecule has 0 heterocycles. The van der Waals surface area contributed by atoms with Crippen LogP contribution >= 0.6 is 15.6 Å². The highest BCUT2D eigenvalue weighted by Gasteiger charge is 2.28. The van der Waals surface area contributed by atoms with Crippen LogP contribution in [0.3, 0.4) is 0 Å². The van der Waals surface area contributed by atoms with Crippen molar-refractivity contribution in [3.05, 3.63) is 85.1 Å². The third kappa shape index (κ3) is 45.8. The molecule has 0 bridgehead atoms. The Bertz CT molecular complexity index is 1470. The fourth-order valence-corrected chi connectivity index (χ4v) is 6.96. The Morgan fingerprint density at radius 3 is 1.67 bits per heavy atom. The van der Waals surface area contributed by atoms with Crippen molar-refractivity contribution in [1.29, 1.82) is 0 Å². The van der Waals surface area contributed by atoms with Gasteiger partial charge in [-0.3, -0.25) is 23.2 Å². The molecule has 16 heteroatoms. The van der Waals surface area contributed by atoms with E-state index in [1.54, 1.807) is 24.3 Å². The van der Waals surface area contributed by atoms with Crippen molar-refractivity contribution < 1.29 is 66.7 Å². The zero-order valence-electron chi connectivity index (χ0n) is 38.7. The minimum atomic E-state index is -4.89. The Morgan fingerprint density at radius 2 is 1.06 bits per heavy atom. The average Bonchev–Trinajstić information content (AvgIpc) is 3.25. The molecule has 5 N–H and O–H groups in total. The first kappa shape index (κ1) is 61.3. The SMILES string of the molecule is CC/C=C\C/C=C\C/C=C\C/C=C\C=C/C(O)C/C=C\CCC(=O)O[C@H](COC(=O)CCCCCCCCC/C=C\CCCCCCCC)COP(=O)(O)OC[C@@H](O)COP(=O)(O)O. The van der Waals surface area contributed by atoms with Gasteiger partial charge in [-0.2, -0.15) is 0 Å². The molecule has 0 rings (SSSR count). The summed E-state index contributed by atoms with van der Waals surface area (Å²) < 4.78 is 47.7. The second-order valence-electron chi connectivity index (χ2n) is 15.5. The van der Waals surface area contributed by atoms with Gasteiger partial charge in [-0.15, -0.1) is 0 Å². The smallest absolute Gasteiger partial charge is 0.462 e. The summed E-state index contributed by atoms with van der Waals surface area (Å²) in [5.74, 6) is -1.22. The summed E-state index contributed by atoms with van der Waals surface area (Å²) in [6, 6.07) is 0. The van der Waals surface area contributed by atoms with E-state index in [1.165, 1.54) is 57.8 Å². The highest BCUT2D eigenvalue weighted by atomic mass is 31.2. The lowest BCUT2D eigenvalue weighted by Gasteiger charge is -2.20. The standard InChI is InChI=1S/C48H82O14P2/c1-3-5-7-9-11-13-15-17-18-19-20-22-24-26-28-30-34-38-47(51)58-42-46(43-61-64(56,57)60-41-45(50)40-59-63(53,54)55)62-48(52)39-35-31-33-37-44(49)36-32-29-27-25-23-21-16-14-12-10-8-6-4-2/h6,8,12,14,17-18,21,23,27,29,31-33,36,44-46,49-50H,3-5,7,9-11,13,15-16,19-20,22,24-26,28,30,34-35,37-43H2,1-2H3,(H,56,57)(H2,53,54,55)/b8-6-,14-12-,18-17-,23-21-,29-27-,33-31-,36-32-/t44?,45-,46+/m0/s1. The van der Waals surface area contributed by atoms with Crippen LogP contribution < -0.4 is 0 Å². The summed E-state index contributed by atoms with van der Waals surface area (Å²) in [6.45, 7) is 1.44. The van der Waals surface area contributed by atoms with Gasteiger partial charge in [0.25, 0.3) is 0 Å². The highest BCUT2D eigenvalue weighted by Crippen LogP contribution is 2.43. The zero-order chi connectivity index (χ0) is 47.4. The number of hydrogen-bond acceptors (Lipinski definition) is 11. The first-order valence-electron chi connectivity index (χ1n) is 23.4. The van der Waals surface area contributed by atoms with Crippen molar-refractivity contribution in [3.8, 4) is 0 Å². The fraction of sp³-hybridized carbons (Fsp3) is 0.667. The number of aliphatic hydroxyl groups is 2. The summed E-state index contributed by atoms with van der Waals surface area (Å²) in [7, 11) is -9.75. The van der Waals surface area contributed by atoms with E-state index in [0.29, 0.717) is 12.8 Å². The molecule has 0 aliphatic rings. The van der Waals surface area contributed by atoms with Crippen molar-refractivity contribution in [2.24, 2.45) is 0 Å². The van der Waals surface area contributed by atoms with Crippen LogP contribution in [0.15, 0.2) is 85.1 Å². The molecule has 368 valence electrons. The van der Waals surface area contributed by atoms with Crippen LogP contribution in [0.1, 0.15) is 162 Å². The molecule has 2 unspecified atom stereocenters. The van der Waals surface area contributed by atoms with Crippen molar-refractivity contribution in [3.63, 3.8) is 0 Å². The number of unbranched alkanes of at least 4 members (excludes halogenated alkanes) is 13. The number of hydrogen-bond donors (Lipinski definition) is 5. The largest absolute Gasteiger partial charge is 0.472 e. The van der Waals surface area contributed by atoms with Crippen molar-refractivity contribution >= 4 is 27.6 Å². The van der Waals surface area contributed by atoms with E-state index < -0.39 is 72.3 Å². The minimum absolute atomic E-state index is 0.0795. The van der Waals surface area contributed by atoms with Gasteiger partial charge in [0, 0.05) is 12.8 Å². The van der Waals surface area contributed by atoms with Gasteiger partial charge in [0.2, 0.25) is 0 Å². The second-order valence-corrected chi connectivity index (χ2v) is 18.2. The highest BCUT2D eigenvalue weighted by molar-refractivity contribution is 7.47. The average molecular weight is 945 g/mol. The number of rotatable bonds is 43. The fourth-order valence-electron chi connectivity index (χ4n) is 5.81. The lowest BCUT2D eigenvalue weighted by atomic mass is 10.1. The maximum Gasteiger partial charge on any atom is 0.472 e. The van der Waals surface area contributed by atoms with Crippen molar-refractivity contribution in [2.75, 3.05) is 26.4 Å². The number of aliphatic hydroxyl groups excluding tert-OH is 2. The van der Waals surface area contributed by atoms with Gasteiger partial charge in [0.05, 0.1) is 25.9 Å². The minimum Gasteiger partial charge on any atom is -0.462 e. The lowest BCUT2D eigenvalue weighted by Crippen LogP contribution is -2.29. The molecule has 4 atom stereocenters. The molecule has 0 radical (unpaired) electrons. The van der Waals surface area contributed by atoms with Gasteiger partial charge in [-0.1, -0.05) is 163 Å². The number of carbonyl (C=O) groups excluding carboxylic acids is 2. The molecule has 0 aliphatic carbocycles. The van der Waals surface area contributed by atoms with E-state index >= 15 is 0 Å². The Hall–Kier alpha value is -2.74. The Balaban J connectivity index is 4.70. The molecular weight excluding hydrogens is 862 g/mol. The van der Waals surface area contributed by atoms with E-state index in [-0.39, 0.29) is 19.3 Å². The Kier molecular flexibility index (Phi) is 41.0. The van der Waals surface area contributed by atoms with Crippen LogP contribution in [0.4, 0.5) is 0 Å². The Morgan fingerprint density at radius 1 is 0.531 bits per heavy atom. The summed E-state index contributed by atoms with van der Waals surface area (Å²) >= 11 is 0. The van der Waals surface area contributed by atoms with Gasteiger partial charge in [-0.25, -0.2) is 9.13 Å². The maximum absolute atomic E-state index is 12.7. The Labute approximate surface area is 384 Å². The predicted octanol–water partition coefficient (Wildman–Crippen LogP) is 11.3. The molecule has 0 saturated heterocycles. The van der Waals surface area contributed by atoms with Gasteiger partial charge in [0.15, 0.2) is 6.10 Å². The van der Waals surface area contributed by atoms with Gasteiger partial charge in [-0.05, 0) is 70.6 Å². The normalized spacial score (nSPS) is 15.2. The second kappa shape index (κ2) is 42.9. The molecule has 0 spiro atoms. The van der Waals surface area contributed by atoms with Crippen molar-refractivity contribution in [2.45, 2.75) is 180 Å². The first-order chi connectivity index (χ1) is 30.8. The van der Waals surface area contributed by atoms with E-state index in [1.807, 2.05) is 12.2 Å². The molecule has 14 nitrogen and oxygen atoms in total. The number of phosphoric ester groups is 2. The summed E-state index contributed by atoms with van der Waals surface area (Å²) in [6.07, 6.45) is 46.0. The molecular formula is C48H82O14P2. The monoisotopic (exact) mass is 945 g/mol. The number of esters is 2. The number of phosphoric acid groups is 2. The van der Waals surface area contributed by atoms with Crippen LogP contribution in [0.2, 0.25) is 0 Å². The van der Waals surface area contributed by atoms with Crippen LogP contribution in [-0.4, -0.2) is 81.6 Å².